The molecule has 82 valence electrons. The van der Waals surface area contributed by atoms with Gasteiger partial charge < -0.3 is 10.1 Å². The Labute approximate surface area is 99.2 Å². The van der Waals surface area contributed by atoms with Crippen LogP contribution in [0.5, 0.6) is 5.75 Å². The Bertz CT molecular complexity index is 357. The maximum atomic E-state index is 11.0. The van der Waals surface area contributed by atoms with Crippen LogP contribution in [0, 0.1) is 0 Å². The summed E-state index contributed by atoms with van der Waals surface area (Å²) in [7, 11) is 1.58. The Morgan fingerprint density at radius 2 is 2.33 bits per heavy atom. The zero-order chi connectivity index (χ0) is 11.3. The average Bonchev–Trinajstić information content (AvgIpc) is 2.26. The first-order valence-corrected chi connectivity index (χ1v) is 5.38. The van der Waals surface area contributed by atoms with Crippen molar-refractivity contribution in [3.8, 4) is 5.75 Å². The molecule has 1 rings (SSSR count). The van der Waals surface area contributed by atoms with Gasteiger partial charge in [0.15, 0.2) is 0 Å². The number of rotatable bonds is 4. The molecule has 0 heterocycles. The van der Waals surface area contributed by atoms with Crippen molar-refractivity contribution in [3.63, 3.8) is 0 Å². The molecule has 3 nitrogen and oxygen atoms in total. The zero-order valence-corrected chi connectivity index (χ0v) is 9.94. The van der Waals surface area contributed by atoms with Crippen LogP contribution in [0.2, 0.25) is 5.02 Å². The molecule has 0 saturated carbocycles. The van der Waals surface area contributed by atoms with Crippen LogP contribution in [0.15, 0.2) is 18.2 Å². The summed E-state index contributed by atoms with van der Waals surface area (Å²) in [6, 6.07) is 5.33. The number of hydrogen-bond donors (Lipinski definition) is 2. The molecule has 15 heavy (non-hydrogen) atoms. The number of amides is 1. The number of carbonyl (C=O) groups is 1. The van der Waals surface area contributed by atoms with Crippen LogP contribution in [-0.2, 0) is 11.3 Å². The van der Waals surface area contributed by atoms with E-state index in [-0.39, 0.29) is 11.7 Å². The highest BCUT2D eigenvalue weighted by Crippen LogP contribution is 2.22. The van der Waals surface area contributed by atoms with Gasteiger partial charge in [-0.3, -0.25) is 4.79 Å². The predicted molar refractivity (Wildman–Crippen MR) is 63.7 cm³/mol. The molecule has 0 unspecified atom stereocenters. The minimum atomic E-state index is -0.120. The SMILES string of the molecule is COc1ccc(CNC(=O)CS)c(Cl)c1. The highest BCUT2D eigenvalue weighted by Gasteiger charge is 2.03. The van der Waals surface area contributed by atoms with Gasteiger partial charge in [0.25, 0.3) is 0 Å². The van der Waals surface area contributed by atoms with E-state index < -0.39 is 0 Å². The van der Waals surface area contributed by atoms with E-state index in [0.717, 1.165) is 5.56 Å². The van der Waals surface area contributed by atoms with E-state index in [4.69, 9.17) is 16.3 Å². The lowest BCUT2D eigenvalue weighted by Crippen LogP contribution is -2.23. The van der Waals surface area contributed by atoms with Crippen molar-refractivity contribution in [2.45, 2.75) is 6.54 Å². The van der Waals surface area contributed by atoms with Gasteiger partial charge in [0.05, 0.1) is 12.9 Å². The molecular formula is C10H12ClNO2S. The van der Waals surface area contributed by atoms with Gasteiger partial charge in [-0.25, -0.2) is 0 Å². The fourth-order valence-corrected chi connectivity index (χ4v) is 1.40. The van der Waals surface area contributed by atoms with Gasteiger partial charge in [-0.2, -0.15) is 12.6 Å². The first-order valence-electron chi connectivity index (χ1n) is 4.37. The first kappa shape index (κ1) is 12.2. The Hall–Kier alpha value is -0.870. The highest BCUT2D eigenvalue weighted by molar-refractivity contribution is 7.81. The molecular weight excluding hydrogens is 234 g/mol. The Balaban J connectivity index is 2.66. The summed E-state index contributed by atoms with van der Waals surface area (Å²) in [4.78, 5) is 11.0. The quantitative estimate of drug-likeness (QED) is 0.796. The normalized spacial score (nSPS) is 9.80. The van der Waals surface area contributed by atoms with Gasteiger partial charge in [-0.05, 0) is 17.7 Å². The zero-order valence-electron chi connectivity index (χ0n) is 8.29. The molecule has 1 N–H and O–H groups in total. The van der Waals surface area contributed by atoms with E-state index in [0.29, 0.717) is 17.3 Å². The third-order valence-corrected chi connectivity index (χ3v) is 2.52. The van der Waals surface area contributed by atoms with E-state index in [1.54, 1.807) is 19.2 Å². The van der Waals surface area contributed by atoms with Crippen molar-refractivity contribution in [2.24, 2.45) is 0 Å². The molecule has 0 spiro atoms. The second-order valence-corrected chi connectivity index (χ2v) is 3.62. The number of ether oxygens (including phenoxy) is 1. The van der Waals surface area contributed by atoms with Crippen molar-refractivity contribution in [3.05, 3.63) is 28.8 Å². The van der Waals surface area contributed by atoms with Crippen LogP contribution in [0.25, 0.3) is 0 Å². The molecule has 1 aromatic carbocycles. The molecule has 0 saturated heterocycles. The molecule has 0 aliphatic rings. The maximum absolute atomic E-state index is 11.0. The maximum Gasteiger partial charge on any atom is 0.229 e. The van der Waals surface area contributed by atoms with Gasteiger partial charge in [0.1, 0.15) is 5.75 Å². The number of halogens is 1. The van der Waals surface area contributed by atoms with Crippen LogP contribution in [-0.4, -0.2) is 18.8 Å². The second-order valence-electron chi connectivity index (χ2n) is 2.89. The third kappa shape index (κ3) is 3.64. The van der Waals surface area contributed by atoms with E-state index in [2.05, 4.69) is 17.9 Å². The average molecular weight is 246 g/mol. The summed E-state index contributed by atoms with van der Waals surface area (Å²) >= 11 is 9.84. The van der Waals surface area contributed by atoms with Crippen molar-refractivity contribution in [1.82, 2.24) is 5.32 Å². The minimum Gasteiger partial charge on any atom is -0.497 e. The summed E-state index contributed by atoms with van der Waals surface area (Å²) in [5.41, 5.74) is 0.854. The summed E-state index contributed by atoms with van der Waals surface area (Å²) in [6.07, 6.45) is 0. The summed E-state index contributed by atoms with van der Waals surface area (Å²) < 4.78 is 5.01. The van der Waals surface area contributed by atoms with E-state index >= 15 is 0 Å². The number of methoxy groups -OCH3 is 1. The molecule has 0 aliphatic heterocycles. The third-order valence-electron chi connectivity index (χ3n) is 1.88. The number of carbonyl (C=O) groups excluding carboxylic acids is 1. The van der Waals surface area contributed by atoms with Gasteiger partial charge in [0, 0.05) is 11.6 Å². The lowest BCUT2D eigenvalue weighted by Gasteiger charge is -2.07. The molecule has 5 heteroatoms. The predicted octanol–water partition coefficient (Wildman–Crippen LogP) is 1.89. The molecule has 1 amide bonds. The lowest BCUT2D eigenvalue weighted by atomic mass is 10.2. The fraction of sp³-hybridized carbons (Fsp3) is 0.300. The van der Waals surface area contributed by atoms with Crippen molar-refractivity contribution in [1.29, 1.82) is 0 Å². The van der Waals surface area contributed by atoms with E-state index in [1.807, 2.05) is 6.07 Å². The molecule has 1 aromatic rings. The monoisotopic (exact) mass is 245 g/mol. The molecule has 0 radical (unpaired) electrons. The molecule has 0 atom stereocenters. The molecule has 0 aliphatic carbocycles. The lowest BCUT2D eigenvalue weighted by molar-refractivity contribution is -0.118. The van der Waals surface area contributed by atoms with Crippen molar-refractivity contribution in [2.75, 3.05) is 12.9 Å². The second kappa shape index (κ2) is 5.88. The number of benzene rings is 1. The molecule has 0 aromatic heterocycles. The summed E-state index contributed by atoms with van der Waals surface area (Å²) in [5, 5.41) is 3.26. The number of hydrogen-bond acceptors (Lipinski definition) is 3. The van der Waals surface area contributed by atoms with Gasteiger partial charge in [-0.1, -0.05) is 17.7 Å². The topological polar surface area (TPSA) is 38.3 Å². The van der Waals surface area contributed by atoms with E-state index in [1.165, 1.54) is 0 Å². The highest BCUT2D eigenvalue weighted by atomic mass is 35.5. The van der Waals surface area contributed by atoms with Crippen molar-refractivity contribution < 1.29 is 9.53 Å². The summed E-state index contributed by atoms with van der Waals surface area (Å²) in [5.74, 6) is 0.753. The van der Waals surface area contributed by atoms with Crippen LogP contribution in [0.3, 0.4) is 0 Å². The summed E-state index contributed by atoms with van der Waals surface area (Å²) in [6.45, 7) is 0.405. The Morgan fingerprint density at radius 3 is 2.87 bits per heavy atom. The van der Waals surface area contributed by atoms with Crippen LogP contribution < -0.4 is 10.1 Å². The van der Waals surface area contributed by atoms with Gasteiger partial charge in [0.2, 0.25) is 5.91 Å². The smallest absolute Gasteiger partial charge is 0.229 e. The number of thiol groups is 1. The molecule has 0 fully saturated rings. The molecule has 0 bridgehead atoms. The first-order chi connectivity index (χ1) is 7.17. The Kier molecular flexibility index (Phi) is 4.78. The Morgan fingerprint density at radius 1 is 1.60 bits per heavy atom. The standard InChI is InChI=1S/C10H12ClNO2S/c1-14-8-3-2-7(9(11)4-8)5-12-10(13)6-15/h2-4,15H,5-6H2,1H3,(H,12,13). The largest absolute Gasteiger partial charge is 0.497 e. The van der Waals surface area contributed by atoms with Crippen LogP contribution in [0.1, 0.15) is 5.56 Å². The van der Waals surface area contributed by atoms with Gasteiger partial charge in [-0.15, -0.1) is 0 Å². The van der Waals surface area contributed by atoms with Crippen LogP contribution >= 0.6 is 24.2 Å². The van der Waals surface area contributed by atoms with Gasteiger partial charge >= 0.3 is 0 Å². The number of nitrogens with one attached hydrogen (secondary N) is 1. The van der Waals surface area contributed by atoms with Crippen molar-refractivity contribution >= 4 is 30.1 Å². The van der Waals surface area contributed by atoms with Crippen LogP contribution in [0.4, 0.5) is 0 Å². The van der Waals surface area contributed by atoms with E-state index in [9.17, 15) is 4.79 Å². The minimum absolute atomic E-state index is 0.120. The fourth-order valence-electron chi connectivity index (χ4n) is 1.05.